The molecular weight excluding hydrogens is 414 g/mol. The van der Waals surface area contributed by atoms with Crippen LogP contribution in [0, 0.1) is 0 Å². The number of carboxylic acid groups (broad SMARTS) is 1. The summed E-state index contributed by atoms with van der Waals surface area (Å²) in [5, 5.41) is 10.2. The average molecular weight is 423 g/mol. The van der Waals surface area contributed by atoms with E-state index in [1.807, 2.05) is 6.07 Å². The number of carboxylic acids is 1. The Bertz CT molecular complexity index is 631. The highest BCUT2D eigenvalue weighted by Gasteiger charge is 2.30. The third-order valence-electron chi connectivity index (χ3n) is 3.11. The third-order valence-corrected chi connectivity index (χ3v) is 7.66. The van der Waals surface area contributed by atoms with Crippen molar-refractivity contribution in [2.24, 2.45) is 0 Å². The zero-order valence-electron chi connectivity index (χ0n) is 9.65. The van der Waals surface area contributed by atoms with Crippen molar-refractivity contribution in [1.29, 1.82) is 0 Å². The molecule has 2 aromatic rings. The molecule has 0 saturated heterocycles. The number of nitrogens with zero attached hydrogens (tertiary/aromatic N) is 1. The summed E-state index contributed by atoms with van der Waals surface area (Å²) in [6.07, 6.45) is 2.58. The van der Waals surface area contributed by atoms with Gasteiger partial charge in [-0.15, -0.1) is 22.7 Å². The molecule has 19 heavy (non-hydrogen) atoms. The van der Waals surface area contributed by atoms with Crippen LogP contribution in [-0.2, 0) is 11.2 Å². The summed E-state index contributed by atoms with van der Waals surface area (Å²) < 4.78 is 2.04. The Labute approximate surface area is 134 Å². The van der Waals surface area contributed by atoms with Gasteiger partial charge in [0.2, 0.25) is 0 Å². The van der Waals surface area contributed by atoms with E-state index in [9.17, 15) is 9.90 Å². The number of aromatic nitrogens is 1. The maximum atomic E-state index is 11.3. The lowest BCUT2D eigenvalue weighted by Crippen LogP contribution is -2.17. The number of hydrogen-bond donors (Lipinski definition) is 1. The summed E-state index contributed by atoms with van der Waals surface area (Å²) in [5.41, 5.74) is 0.777. The van der Waals surface area contributed by atoms with Crippen molar-refractivity contribution in [3.63, 3.8) is 0 Å². The molecule has 7 heteroatoms. The minimum absolute atomic E-state index is 0.430. The van der Waals surface area contributed by atoms with Crippen molar-refractivity contribution in [1.82, 2.24) is 4.98 Å². The monoisotopic (exact) mass is 421 g/mol. The number of aliphatic carboxylic acids is 1. The molecule has 1 aliphatic carbocycles. The Hall–Kier alpha value is -0.240. The van der Waals surface area contributed by atoms with Gasteiger partial charge in [0, 0.05) is 9.35 Å². The van der Waals surface area contributed by atoms with Gasteiger partial charge in [-0.1, -0.05) is 0 Å². The SMILES string of the molecule is O=C(O)C1CCCc2sc(-c3cc(Br)c(Br)s3)nc21. The van der Waals surface area contributed by atoms with Crippen molar-refractivity contribution in [3.8, 4) is 9.88 Å². The van der Waals surface area contributed by atoms with Crippen LogP contribution < -0.4 is 0 Å². The maximum Gasteiger partial charge on any atom is 0.312 e. The molecule has 3 rings (SSSR count). The summed E-state index contributed by atoms with van der Waals surface area (Å²) in [7, 11) is 0. The number of rotatable bonds is 2. The first-order valence-corrected chi connectivity index (χ1v) is 8.95. The highest BCUT2D eigenvalue weighted by Crippen LogP contribution is 2.43. The quantitative estimate of drug-likeness (QED) is 0.748. The van der Waals surface area contributed by atoms with Gasteiger partial charge in [0.15, 0.2) is 0 Å². The minimum atomic E-state index is -0.758. The Morgan fingerprint density at radius 3 is 2.84 bits per heavy atom. The molecule has 0 aromatic carbocycles. The molecule has 0 bridgehead atoms. The van der Waals surface area contributed by atoms with E-state index in [-0.39, 0.29) is 0 Å². The number of carbonyl (C=O) groups is 1. The highest BCUT2D eigenvalue weighted by molar-refractivity contribution is 9.13. The molecule has 1 aliphatic rings. The molecular formula is C12H9Br2NO2S2. The normalized spacial score (nSPS) is 18.3. The van der Waals surface area contributed by atoms with Crippen LogP contribution in [0.2, 0.25) is 0 Å². The van der Waals surface area contributed by atoms with Gasteiger partial charge in [-0.3, -0.25) is 4.79 Å². The summed E-state index contributed by atoms with van der Waals surface area (Å²) in [6.45, 7) is 0. The molecule has 1 atom stereocenters. The zero-order chi connectivity index (χ0) is 13.6. The van der Waals surface area contributed by atoms with Crippen LogP contribution in [-0.4, -0.2) is 16.1 Å². The lowest BCUT2D eigenvalue weighted by atomic mass is 9.91. The minimum Gasteiger partial charge on any atom is -0.481 e. The highest BCUT2D eigenvalue weighted by atomic mass is 79.9. The van der Waals surface area contributed by atoms with Gasteiger partial charge in [0.25, 0.3) is 0 Å². The van der Waals surface area contributed by atoms with Crippen LogP contribution in [0.1, 0.15) is 29.3 Å². The summed E-state index contributed by atoms with van der Waals surface area (Å²) in [5.74, 6) is -1.19. The second kappa shape index (κ2) is 5.27. The fraction of sp³-hybridized carbons (Fsp3) is 0.333. The van der Waals surface area contributed by atoms with Crippen LogP contribution in [0.4, 0.5) is 0 Å². The van der Waals surface area contributed by atoms with Crippen molar-refractivity contribution >= 4 is 60.5 Å². The van der Waals surface area contributed by atoms with E-state index >= 15 is 0 Å². The summed E-state index contributed by atoms with van der Waals surface area (Å²) in [6, 6.07) is 2.02. The molecule has 2 heterocycles. The standard InChI is InChI=1S/C12H9Br2NO2S2/c13-6-4-8(18-10(6)14)11-15-9-5(12(16)17)2-1-3-7(9)19-11/h4-5H,1-3H2,(H,16,17). The number of thiophene rings is 1. The molecule has 0 spiro atoms. The van der Waals surface area contributed by atoms with Crippen molar-refractivity contribution in [2.45, 2.75) is 25.2 Å². The average Bonchev–Trinajstić information content (AvgIpc) is 2.93. The molecule has 0 radical (unpaired) electrons. The maximum absolute atomic E-state index is 11.3. The smallest absolute Gasteiger partial charge is 0.312 e. The van der Waals surface area contributed by atoms with E-state index in [0.717, 1.165) is 41.6 Å². The van der Waals surface area contributed by atoms with Gasteiger partial charge in [-0.05, 0) is 57.2 Å². The van der Waals surface area contributed by atoms with Gasteiger partial charge in [0.1, 0.15) is 10.9 Å². The first-order valence-electron chi connectivity index (χ1n) is 5.74. The molecule has 100 valence electrons. The predicted octanol–water partition coefficient (Wildman–Crippen LogP) is 4.90. The largest absolute Gasteiger partial charge is 0.481 e. The van der Waals surface area contributed by atoms with E-state index in [4.69, 9.17) is 0 Å². The Morgan fingerprint density at radius 1 is 1.42 bits per heavy atom. The van der Waals surface area contributed by atoms with Crippen LogP contribution in [0.25, 0.3) is 9.88 Å². The number of thiazole rings is 1. The fourth-order valence-electron chi connectivity index (χ4n) is 2.22. The lowest BCUT2D eigenvalue weighted by Gasteiger charge is -2.16. The van der Waals surface area contributed by atoms with Gasteiger partial charge in [0.05, 0.1) is 14.4 Å². The van der Waals surface area contributed by atoms with Gasteiger partial charge < -0.3 is 5.11 Å². The van der Waals surface area contributed by atoms with Crippen molar-refractivity contribution in [2.75, 3.05) is 0 Å². The summed E-state index contributed by atoms with van der Waals surface area (Å²) in [4.78, 5) is 18.1. The van der Waals surface area contributed by atoms with Gasteiger partial charge in [-0.25, -0.2) is 4.98 Å². The zero-order valence-corrected chi connectivity index (χ0v) is 14.5. The number of fused-ring (bicyclic) bond motifs is 1. The second-order valence-corrected chi connectivity index (χ2v) is 8.65. The number of aryl methyl sites for hydroxylation is 1. The van der Waals surface area contributed by atoms with Crippen LogP contribution in [0.5, 0.6) is 0 Å². The van der Waals surface area contributed by atoms with E-state index in [1.54, 1.807) is 22.7 Å². The summed E-state index contributed by atoms with van der Waals surface area (Å²) >= 11 is 10.2. The number of hydrogen-bond acceptors (Lipinski definition) is 4. The van der Waals surface area contributed by atoms with Crippen molar-refractivity contribution < 1.29 is 9.90 Å². The first kappa shape index (κ1) is 13.7. The Kier molecular flexibility index (Phi) is 3.81. The predicted molar refractivity (Wildman–Crippen MR) is 84.1 cm³/mol. The number of halogens is 2. The van der Waals surface area contributed by atoms with E-state index < -0.39 is 11.9 Å². The van der Waals surface area contributed by atoms with Crippen molar-refractivity contribution in [3.05, 3.63) is 24.9 Å². The molecule has 2 aromatic heterocycles. The lowest BCUT2D eigenvalue weighted by molar-refractivity contribution is -0.139. The van der Waals surface area contributed by atoms with E-state index in [2.05, 4.69) is 36.8 Å². The van der Waals surface area contributed by atoms with Crippen LogP contribution in [0.15, 0.2) is 14.3 Å². The molecule has 1 unspecified atom stereocenters. The topological polar surface area (TPSA) is 50.2 Å². The Morgan fingerprint density at radius 2 is 2.21 bits per heavy atom. The van der Waals surface area contributed by atoms with E-state index in [1.165, 1.54) is 0 Å². The molecule has 1 N–H and O–H groups in total. The Balaban J connectivity index is 2.04. The van der Waals surface area contributed by atoms with Gasteiger partial charge >= 0.3 is 5.97 Å². The van der Waals surface area contributed by atoms with Gasteiger partial charge in [-0.2, -0.15) is 0 Å². The second-order valence-electron chi connectivity index (χ2n) is 4.34. The molecule has 0 aliphatic heterocycles. The van der Waals surface area contributed by atoms with Crippen LogP contribution in [0.3, 0.4) is 0 Å². The fourth-order valence-corrected chi connectivity index (χ4v) is 5.46. The molecule has 0 fully saturated rings. The third kappa shape index (κ3) is 2.53. The first-order chi connectivity index (χ1) is 9.06. The van der Waals surface area contributed by atoms with Crippen LogP contribution >= 0.6 is 54.5 Å². The molecule has 0 saturated carbocycles. The molecule has 0 amide bonds. The van der Waals surface area contributed by atoms with E-state index in [0.29, 0.717) is 6.42 Å². The molecule has 3 nitrogen and oxygen atoms in total.